The number of nitrogens with one attached hydrogen (secondary N) is 1. The first-order chi connectivity index (χ1) is 13.9. The molecule has 0 aliphatic carbocycles. The molecule has 0 unspecified atom stereocenters. The smallest absolute Gasteiger partial charge is 0.260 e. The van der Waals surface area contributed by atoms with Crippen molar-refractivity contribution < 1.29 is 23.1 Å². The third kappa shape index (κ3) is 5.76. The quantitative estimate of drug-likeness (QED) is 0.706. The Morgan fingerprint density at radius 2 is 1.97 bits per heavy atom. The van der Waals surface area contributed by atoms with Crippen molar-refractivity contribution in [1.29, 1.82) is 0 Å². The normalized spacial score (nSPS) is 19.0. The summed E-state index contributed by atoms with van der Waals surface area (Å²) < 4.78 is 32.9. The van der Waals surface area contributed by atoms with Gasteiger partial charge in [-0.2, -0.15) is 0 Å². The molecule has 2 aliphatic rings. The SMILES string of the molecule is C=CC(=O)Nc1ccc(C(=O)N2CCCC2)cc1OCCN1CCCC(F)(F)C1. The van der Waals surface area contributed by atoms with Crippen LogP contribution >= 0.6 is 0 Å². The number of alkyl halides is 2. The third-order valence-corrected chi connectivity index (χ3v) is 5.20. The van der Waals surface area contributed by atoms with E-state index in [1.807, 2.05) is 0 Å². The second kappa shape index (κ2) is 9.35. The first-order valence-electron chi connectivity index (χ1n) is 9.98. The first kappa shape index (κ1) is 21.2. The average molecular weight is 407 g/mol. The second-order valence-electron chi connectivity index (χ2n) is 7.49. The van der Waals surface area contributed by atoms with Crippen LogP contribution < -0.4 is 10.1 Å². The zero-order chi connectivity index (χ0) is 20.9. The highest BCUT2D eigenvalue weighted by Crippen LogP contribution is 2.29. The Bertz CT molecular complexity index is 764. The number of likely N-dealkylation sites (tertiary alicyclic amines) is 2. The van der Waals surface area contributed by atoms with Crippen LogP contribution in [0.4, 0.5) is 14.5 Å². The van der Waals surface area contributed by atoms with Crippen molar-refractivity contribution in [3.8, 4) is 5.75 Å². The Kier molecular flexibility index (Phi) is 6.84. The van der Waals surface area contributed by atoms with Crippen LogP contribution in [0, 0.1) is 0 Å². The molecule has 2 aliphatic heterocycles. The molecule has 0 radical (unpaired) electrons. The number of hydrogen-bond donors (Lipinski definition) is 1. The monoisotopic (exact) mass is 407 g/mol. The summed E-state index contributed by atoms with van der Waals surface area (Å²) in [6.07, 6.45) is 3.49. The molecule has 1 aromatic carbocycles. The predicted molar refractivity (Wildman–Crippen MR) is 107 cm³/mol. The van der Waals surface area contributed by atoms with Gasteiger partial charge in [0, 0.05) is 31.6 Å². The summed E-state index contributed by atoms with van der Waals surface area (Å²) in [5, 5.41) is 2.66. The molecule has 3 rings (SSSR count). The number of rotatable bonds is 7. The molecule has 0 saturated carbocycles. The molecular weight excluding hydrogens is 380 g/mol. The molecule has 8 heteroatoms. The number of carbonyl (C=O) groups excluding carboxylic acids is 2. The van der Waals surface area contributed by atoms with Gasteiger partial charge in [-0.25, -0.2) is 8.78 Å². The van der Waals surface area contributed by atoms with Crippen molar-refractivity contribution in [2.75, 3.05) is 44.6 Å². The summed E-state index contributed by atoms with van der Waals surface area (Å²) in [6.45, 7) is 5.74. The van der Waals surface area contributed by atoms with Crippen LogP contribution in [0.25, 0.3) is 0 Å². The van der Waals surface area contributed by atoms with Gasteiger partial charge in [0.05, 0.1) is 12.2 Å². The molecule has 2 fully saturated rings. The van der Waals surface area contributed by atoms with Gasteiger partial charge in [0.1, 0.15) is 12.4 Å². The highest BCUT2D eigenvalue weighted by Gasteiger charge is 2.34. The standard InChI is InChI=1S/C21H27F2N3O3/c1-2-19(27)24-17-7-6-16(20(28)26-10-3-4-11-26)14-18(17)29-13-12-25-9-5-8-21(22,23)15-25/h2,6-7,14H,1,3-5,8-13,15H2,(H,24,27). The summed E-state index contributed by atoms with van der Waals surface area (Å²) in [4.78, 5) is 27.8. The number of carbonyl (C=O) groups is 2. The topological polar surface area (TPSA) is 61.9 Å². The van der Waals surface area contributed by atoms with E-state index in [0.29, 0.717) is 36.5 Å². The lowest BCUT2D eigenvalue weighted by Crippen LogP contribution is -2.44. The maximum atomic E-state index is 13.6. The average Bonchev–Trinajstić information content (AvgIpc) is 3.22. The Morgan fingerprint density at radius 1 is 1.21 bits per heavy atom. The van der Waals surface area contributed by atoms with Crippen LogP contribution in [0.2, 0.25) is 0 Å². The minimum Gasteiger partial charge on any atom is -0.490 e. The van der Waals surface area contributed by atoms with E-state index in [0.717, 1.165) is 32.0 Å². The van der Waals surface area contributed by atoms with Crippen molar-refractivity contribution >= 4 is 17.5 Å². The van der Waals surface area contributed by atoms with Crippen LogP contribution in [0.1, 0.15) is 36.0 Å². The molecule has 1 aromatic rings. The lowest BCUT2D eigenvalue weighted by molar-refractivity contribution is -0.111. The number of anilines is 1. The van der Waals surface area contributed by atoms with Gasteiger partial charge in [-0.1, -0.05) is 6.58 Å². The van der Waals surface area contributed by atoms with Crippen molar-refractivity contribution in [2.24, 2.45) is 0 Å². The Balaban J connectivity index is 1.69. The molecule has 158 valence electrons. The lowest BCUT2D eigenvalue weighted by Gasteiger charge is -2.32. The Hall–Kier alpha value is -2.48. The molecule has 29 heavy (non-hydrogen) atoms. The maximum Gasteiger partial charge on any atom is 0.260 e. The highest BCUT2D eigenvalue weighted by atomic mass is 19.3. The van der Waals surface area contributed by atoms with Gasteiger partial charge in [-0.15, -0.1) is 0 Å². The van der Waals surface area contributed by atoms with E-state index in [2.05, 4.69) is 11.9 Å². The molecule has 0 aromatic heterocycles. The summed E-state index contributed by atoms with van der Waals surface area (Å²) in [5.41, 5.74) is 0.889. The van der Waals surface area contributed by atoms with Crippen LogP contribution in [0.15, 0.2) is 30.9 Å². The summed E-state index contributed by atoms with van der Waals surface area (Å²) >= 11 is 0. The van der Waals surface area contributed by atoms with Gasteiger partial charge in [-0.3, -0.25) is 14.5 Å². The van der Waals surface area contributed by atoms with E-state index in [-0.39, 0.29) is 25.5 Å². The fourth-order valence-electron chi connectivity index (χ4n) is 3.69. The van der Waals surface area contributed by atoms with E-state index in [4.69, 9.17) is 4.74 Å². The fourth-order valence-corrected chi connectivity index (χ4v) is 3.69. The molecule has 0 atom stereocenters. The molecule has 6 nitrogen and oxygen atoms in total. The van der Waals surface area contributed by atoms with Gasteiger partial charge in [0.25, 0.3) is 11.8 Å². The molecule has 0 spiro atoms. The number of hydrogen-bond acceptors (Lipinski definition) is 4. The third-order valence-electron chi connectivity index (χ3n) is 5.20. The highest BCUT2D eigenvalue weighted by molar-refractivity contribution is 6.01. The van der Waals surface area contributed by atoms with E-state index >= 15 is 0 Å². The van der Waals surface area contributed by atoms with Crippen molar-refractivity contribution in [3.05, 3.63) is 36.4 Å². The van der Waals surface area contributed by atoms with Crippen LogP contribution in [-0.2, 0) is 4.79 Å². The minimum atomic E-state index is -2.66. The van der Waals surface area contributed by atoms with Gasteiger partial charge in [-0.05, 0) is 50.1 Å². The van der Waals surface area contributed by atoms with E-state index in [1.54, 1.807) is 28.0 Å². The van der Waals surface area contributed by atoms with E-state index in [1.165, 1.54) is 0 Å². The molecular formula is C21H27F2N3O3. The molecule has 1 N–H and O–H groups in total. The zero-order valence-electron chi connectivity index (χ0n) is 16.5. The van der Waals surface area contributed by atoms with Gasteiger partial charge >= 0.3 is 0 Å². The van der Waals surface area contributed by atoms with E-state index < -0.39 is 11.8 Å². The molecule has 2 heterocycles. The summed E-state index contributed by atoms with van der Waals surface area (Å²) in [6, 6.07) is 4.87. The number of benzene rings is 1. The molecule has 0 bridgehead atoms. The van der Waals surface area contributed by atoms with Crippen LogP contribution in [0.5, 0.6) is 5.75 Å². The lowest BCUT2D eigenvalue weighted by atomic mass is 10.1. The number of ether oxygens (including phenoxy) is 1. The van der Waals surface area contributed by atoms with Gasteiger partial charge < -0.3 is 15.0 Å². The fraction of sp³-hybridized carbons (Fsp3) is 0.524. The first-order valence-corrected chi connectivity index (χ1v) is 9.98. The summed E-state index contributed by atoms with van der Waals surface area (Å²) in [7, 11) is 0. The van der Waals surface area contributed by atoms with Crippen molar-refractivity contribution in [3.63, 3.8) is 0 Å². The Labute approximate surface area is 169 Å². The van der Waals surface area contributed by atoms with Crippen LogP contribution in [-0.4, -0.2) is 66.9 Å². The number of nitrogens with zero attached hydrogens (tertiary/aromatic N) is 2. The number of piperidine rings is 1. The molecule has 2 saturated heterocycles. The largest absolute Gasteiger partial charge is 0.490 e. The zero-order valence-corrected chi connectivity index (χ0v) is 16.5. The molecule has 2 amide bonds. The predicted octanol–water partition coefficient (Wildman–Crippen LogP) is 3.16. The summed E-state index contributed by atoms with van der Waals surface area (Å²) in [5.74, 6) is -2.80. The second-order valence-corrected chi connectivity index (χ2v) is 7.49. The van der Waals surface area contributed by atoms with E-state index in [9.17, 15) is 18.4 Å². The Morgan fingerprint density at radius 3 is 2.66 bits per heavy atom. The number of halogens is 2. The van der Waals surface area contributed by atoms with Crippen molar-refractivity contribution in [2.45, 2.75) is 31.6 Å². The minimum absolute atomic E-state index is 0.0791. The maximum absolute atomic E-state index is 13.6. The van der Waals surface area contributed by atoms with Gasteiger partial charge in [0.15, 0.2) is 0 Å². The van der Waals surface area contributed by atoms with Crippen LogP contribution in [0.3, 0.4) is 0 Å². The number of amides is 2. The van der Waals surface area contributed by atoms with Gasteiger partial charge in [0.2, 0.25) is 5.91 Å². The van der Waals surface area contributed by atoms with Crippen molar-refractivity contribution in [1.82, 2.24) is 9.80 Å².